The van der Waals surface area contributed by atoms with E-state index in [9.17, 15) is 5.11 Å². The molecule has 4 fully saturated rings. The zero-order valence-corrected chi connectivity index (χ0v) is 16.3. The number of rotatable bonds is 2. The number of fused-ring (bicyclic) bond motifs is 5. The van der Waals surface area contributed by atoms with E-state index in [1.807, 2.05) is 0 Å². The summed E-state index contributed by atoms with van der Waals surface area (Å²) in [5.74, 6) is 4.86. The fraction of sp³-hybridized carbons (Fsp3) is 1.00. The summed E-state index contributed by atoms with van der Waals surface area (Å²) < 4.78 is 0. The van der Waals surface area contributed by atoms with Crippen molar-refractivity contribution in [3.63, 3.8) is 0 Å². The number of hydrogen-bond acceptors (Lipinski definition) is 2. The molecule has 0 aliphatic heterocycles. The van der Waals surface area contributed by atoms with Crippen LogP contribution >= 0.6 is 0 Å². The summed E-state index contributed by atoms with van der Waals surface area (Å²) in [6.07, 6.45) is 15.9. The molecule has 7 unspecified atom stereocenters. The average molecular weight is 337 g/mol. The Hall–Kier alpha value is -0.0800. The number of aliphatic hydroxyl groups is 2. The van der Waals surface area contributed by atoms with Crippen molar-refractivity contribution >= 4 is 0 Å². The molecule has 0 saturated heterocycles. The highest BCUT2D eigenvalue weighted by Crippen LogP contribution is 2.67. The highest BCUT2D eigenvalue weighted by Gasteiger charge is 2.59. The molecule has 4 rings (SSSR count). The van der Waals surface area contributed by atoms with Gasteiger partial charge in [-0.1, -0.05) is 26.7 Å². The van der Waals surface area contributed by atoms with Gasteiger partial charge in [-0.2, -0.15) is 0 Å². The summed E-state index contributed by atoms with van der Waals surface area (Å²) >= 11 is 0. The molecule has 4 aliphatic rings. The van der Waals surface area contributed by atoms with Gasteiger partial charge >= 0.3 is 0 Å². The van der Waals surface area contributed by atoms with Crippen LogP contribution in [0.4, 0.5) is 0 Å². The van der Waals surface area contributed by atoms with Gasteiger partial charge in [0.15, 0.2) is 0 Å². The second-order valence-electron chi connectivity index (χ2n) is 9.73. The molecule has 0 spiro atoms. The molecule has 0 aromatic heterocycles. The maximum atomic E-state index is 9.46. The fourth-order valence-electron chi connectivity index (χ4n) is 8.03. The van der Waals surface area contributed by atoms with Gasteiger partial charge in [0.25, 0.3) is 0 Å². The Labute approximate surface area is 149 Å². The van der Waals surface area contributed by atoms with Crippen LogP contribution in [0.15, 0.2) is 0 Å². The van der Waals surface area contributed by atoms with Crippen LogP contribution in [0.3, 0.4) is 0 Å². The first-order valence-electron chi connectivity index (χ1n) is 10.6. The molecule has 24 heavy (non-hydrogen) atoms. The lowest BCUT2D eigenvalue weighted by atomic mass is 9.45. The standard InChI is InChI=1S/C21H36O.CH4O/c1-20-12-4-3-5-15(20)6-8-17-18-9-7-16(11-14-22)21(18,2)13-10-19(17)20;1-2/h15-19,22H,3-14H2,1-2H3;2H,1H3. The van der Waals surface area contributed by atoms with Crippen LogP contribution in [-0.2, 0) is 0 Å². The van der Waals surface area contributed by atoms with Crippen molar-refractivity contribution in [2.45, 2.75) is 84.5 Å². The van der Waals surface area contributed by atoms with E-state index in [4.69, 9.17) is 5.11 Å². The van der Waals surface area contributed by atoms with Crippen LogP contribution in [0.25, 0.3) is 0 Å². The second kappa shape index (κ2) is 7.27. The van der Waals surface area contributed by atoms with Crippen LogP contribution in [-0.4, -0.2) is 23.9 Å². The van der Waals surface area contributed by atoms with Crippen LogP contribution in [0.1, 0.15) is 84.5 Å². The summed E-state index contributed by atoms with van der Waals surface area (Å²) in [4.78, 5) is 0. The Bertz CT molecular complexity index is 422. The SMILES string of the molecule is CC12CCCCC1CCC1C2CCC2(C)C(CCO)CCC12.CO. The van der Waals surface area contributed by atoms with Gasteiger partial charge in [0.05, 0.1) is 0 Å². The minimum Gasteiger partial charge on any atom is -0.400 e. The highest BCUT2D eigenvalue weighted by molar-refractivity contribution is 5.08. The molecule has 2 N–H and O–H groups in total. The molecular formula is C22H40O2. The fourth-order valence-corrected chi connectivity index (χ4v) is 8.03. The van der Waals surface area contributed by atoms with E-state index in [1.54, 1.807) is 0 Å². The van der Waals surface area contributed by atoms with Crippen molar-refractivity contribution < 1.29 is 10.2 Å². The summed E-state index contributed by atoms with van der Waals surface area (Å²) in [5.41, 5.74) is 1.24. The first-order chi connectivity index (χ1) is 11.6. The van der Waals surface area contributed by atoms with Gasteiger partial charge < -0.3 is 10.2 Å². The van der Waals surface area contributed by atoms with E-state index >= 15 is 0 Å². The lowest BCUT2D eigenvalue weighted by Gasteiger charge is -2.60. The van der Waals surface area contributed by atoms with Crippen LogP contribution in [0, 0.1) is 40.4 Å². The summed E-state index contributed by atoms with van der Waals surface area (Å²) in [7, 11) is 1.00. The molecule has 0 bridgehead atoms. The molecule has 4 aliphatic carbocycles. The minimum atomic E-state index is 0.404. The van der Waals surface area contributed by atoms with Gasteiger partial charge in [-0.15, -0.1) is 0 Å². The maximum Gasteiger partial charge on any atom is 0.0433 e. The Morgan fingerprint density at radius 2 is 1.54 bits per heavy atom. The quantitative estimate of drug-likeness (QED) is 0.743. The lowest BCUT2D eigenvalue weighted by molar-refractivity contribution is -0.111. The molecule has 0 aromatic carbocycles. The predicted octanol–water partition coefficient (Wildman–Crippen LogP) is 5.03. The van der Waals surface area contributed by atoms with Crippen molar-refractivity contribution in [2.24, 2.45) is 40.4 Å². The monoisotopic (exact) mass is 336 g/mol. The summed E-state index contributed by atoms with van der Waals surface area (Å²) in [6.45, 7) is 5.67. The third-order valence-electron chi connectivity index (χ3n) is 9.26. The highest BCUT2D eigenvalue weighted by atomic mass is 16.3. The summed E-state index contributed by atoms with van der Waals surface area (Å²) in [6, 6.07) is 0. The van der Waals surface area contributed by atoms with Crippen molar-refractivity contribution in [1.82, 2.24) is 0 Å². The largest absolute Gasteiger partial charge is 0.400 e. The van der Waals surface area contributed by atoms with E-state index in [1.165, 1.54) is 64.2 Å². The predicted molar refractivity (Wildman–Crippen MR) is 99.7 cm³/mol. The zero-order valence-electron chi connectivity index (χ0n) is 16.3. The van der Waals surface area contributed by atoms with Crippen LogP contribution < -0.4 is 0 Å². The Kier molecular flexibility index (Phi) is 5.67. The summed E-state index contributed by atoms with van der Waals surface area (Å²) in [5, 5.41) is 16.5. The van der Waals surface area contributed by atoms with E-state index < -0.39 is 0 Å². The van der Waals surface area contributed by atoms with Crippen molar-refractivity contribution in [1.29, 1.82) is 0 Å². The van der Waals surface area contributed by atoms with E-state index in [2.05, 4.69) is 13.8 Å². The molecule has 0 amide bonds. The average Bonchev–Trinajstić information content (AvgIpc) is 2.93. The van der Waals surface area contributed by atoms with Gasteiger partial charge in [0.2, 0.25) is 0 Å². The van der Waals surface area contributed by atoms with Gasteiger partial charge in [0.1, 0.15) is 0 Å². The second-order valence-corrected chi connectivity index (χ2v) is 9.73. The Balaban J connectivity index is 0.000000815. The first kappa shape index (κ1) is 18.7. The molecule has 2 nitrogen and oxygen atoms in total. The first-order valence-corrected chi connectivity index (χ1v) is 10.6. The molecule has 140 valence electrons. The molecule has 7 atom stereocenters. The van der Waals surface area contributed by atoms with Crippen molar-refractivity contribution in [3.05, 3.63) is 0 Å². The normalized spacial score (nSPS) is 50.1. The molecule has 4 saturated carbocycles. The Morgan fingerprint density at radius 3 is 2.29 bits per heavy atom. The van der Waals surface area contributed by atoms with Gasteiger partial charge in [0, 0.05) is 13.7 Å². The molecule has 0 aromatic rings. The smallest absolute Gasteiger partial charge is 0.0433 e. The zero-order chi connectivity index (χ0) is 17.4. The van der Waals surface area contributed by atoms with Crippen LogP contribution in [0.2, 0.25) is 0 Å². The number of hydrogen-bond donors (Lipinski definition) is 2. The minimum absolute atomic E-state index is 0.404. The molecular weight excluding hydrogens is 296 g/mol. The van der Waals surface area contributed by atoms with E-state index in [0.29, 0.717) is 17.4 Å². The molecule has 0 radical (unpaired) electrons. The lowest BCUT2D eigenvalue weighted by Crippen LogP contribution is -2.52. The van der Waals surface area contributed by atoms with Crippen LogP contribution in [0.5, 0.6) is 0 Å². The van der Waals surface area contributed by atoms with E-state index in [0.717, 1.165) is 43.1 Å². The van der Waals surface area contributed by atoms with Gasteiger partial charge in [-0.05, 0) is 98.2 Å². The molecule has 0 heterocycles. The van der Waals surface area contributed by atoms with Crippen molar-refractivity contribution in [3.8, 4) is 0 Å². The topological polar surface area (TPSA) is 40.5 Å². The number of aliphatic hydroxyl groups excluding tert-OH is 2. The third-order valence-corrected chi connectivity index (χ3v) is 9.26. The van der Waals surface area contributed by atoms with Gasteiger partial charge in [-0.3, -0.25) is 0 Å². The maximum absolute atomic E-state index is 9.46. The third kappa shape index (κ3) is 2.76. The van der Waals surface area contributed by atoms with Gasteiger partial charge in [-0.25, -0.2) is 0 Å². The van der Waals surface area contributed by atoms with Crippen molar-refractivity contribution in [2.75, 3.05) is 13.7 Å². The molecule has 2 heteroatoms. The Morgan fingerprint density at radius 1 is 0.792 bits per heavy atom. The van der Waals surface area contributed by atoms with E-state index in [-0.39, 0.29) is 0 Å².